The number of rotatable bonds is 0. The van der Waals surface area contributed by atoms with E-state index in [4.69, 9.17) is 5.41 Å². The third-order valence-electron chi connectivity index (χ3n) is 1.93. The number of fused-ring (bicyclic) bond motifs is 1. The molecular weight excluding hydrogens is 144 g/mol. The molecule has 0 bridgehead atoms. The summed E-state index contributed by atoms with van der Waals surface area (Å²) in [4.78, 5) is 0. The normalized spacial score (nSPS) is 38.2. The summed E-state index contributed by atoms with van der Waals surface area (Å²) in [6.45, 7) is 0. The number of hydrogen-bond acceptors (Lipinski definition) is 3. The molecule has 3 heteroatoms. The van der Waals surface area contributed by atoms with E-state index in [0.29, 0.717) is 11.3 Å². The Morgan fingerprint density at radius 3 is 3.40 bits per heavy atom. The Kier molecular flexibility index (Phi) is 1.54. The van der Waals surface area contributed by atoms with Crippen LogP contribution in [0.1, 0.15) is 6.42 Å². The quantitative estimate of drug-likeness (QED) is 0.511. The van der Waals surface area contributed by atoms with Crippen molar-refractivity contribution in [2.75, 3.05) is 5.88 Å². The minimum atomic E-state index is 0.435. The smallest absolute Gasteiger partial charge is 0.0628 e. The van der Waals surface area contributed by atoms with Crippen molar-refractivity contribution < 1.29 is 0 Å². The summed E-state index contributed by atoms with van der Waals surface area (Å²) >= 11 is 1.85. The van der Waals surface area contributed by atoms with Gasteiger partial charge in [-0.1, -0.05) is 12.2 Å². The van der Waals surface area contributed by atoms with Gasteiger partial charge < -0.3 is 10.7 Å². The van der Waals surface area contributed by atoms with Crippen molar-refractivity contribution in [3.8, 4) is 0 Å². The Bertz CT molecular complexity index is 188. The number of thioether (sulfide) groups is 1. The molecule has 0 saturated carbocycles. The highest BCUT2D eigenvalue weighted by molar-refractivity contribution is 8.00. The van der Waals surface area contributed by atoms with E-state index in [1.165, 1.54) is 0 Å². The van der Waals surface area contributed by atoms with Crippen molar-refractivity contribution in [2.24, 2.45) is 0 Å². The molecule has 2 rings (SSSR count). The second-order valence-electron chi connectivity index (χ2n) is 2.62. The highest BCUT2D eigenvalue weighted by Crippen LogP contribution is 2.26. The van der Waals surface area contributed by atoms with Crippen LogP contribution in [0.3, 0.4) is 0 Å². The molecular formula is C7H10N2S. The van der Waals surface area contributed by atoms with E-state index < -0.39 is 0 Å². The first-order chi connectivity index (χ1) is 4.88. The first-order valence-corrected chi connectivity index (χ1v) is 4.52. The predicted octanol–water partition coefficient (Wildman–Crippen LogP) is 0.997. The molecule has 1 heterocycles. The molecule has 2 nitrogen and oxygen atoms in total. The molecule has 0 amide bonds. The van der Waals surface area contributed by atoms with Crippen LogP contribution in [0, 0.1) is 5.41 Å². The largest absolute Gasteiger partial charge is 0.308 e. The standard InChI is InChI=1S/C7H10N2S/c8-5-2-1-3-6-7(5)10-4-9-6/h1,3,6-9H,2,4H2. The van der Waals surface area contributed by atoms with Gasteiger partial charge in [0.15, 0.2) is 0 Å². The molecule has 0 aromatic heterocycles. The van der Waals surface area contributed by atoms with E-state index in [-0.39, 0.29) is 0 Å². The third-order valence-corrected chi connectivity index (χ3v) is 3.20. The molecule has 2 atom stereocenters. The summed E-state index contributed by atoms with van der Waals surface area (Å²) in [7, 11) is 0. The fourth-order valence-electron chi connectivity index (χ4n) is 1.39. The van der Waals surface area contributed by atoms with E-state index in [2.05, 4.69) is 17.5 Å². The molecule has 0 spiro atoms. The van der Waals surface area contributed by atoms with E-state index in [1.807, 2.05) is 11.8 Å². The summed E-state index contributed by atoms with van der Waals surface area (Å²) in [5.41, 5.74) is 0.877. The fraction of sp³-hybridized carbons (Fsp3) is 0.571. The zero-order valence-corrected chi connectivity index (χ0v) is 6.45. The maximum absolute atomic E-state index is 7.60. The van der Waals surface area contributed by atoms with E-state index in [9.17, 15) is 0 Å². The van der Waals surface area contributed by atoms with Crippen LogP contribution in [0.4, 0.5) is 0 Å². The highest BCUT2D eigenvalue weighted by atomic mass is 32.2. The summed E-state index contributed by atoms with van der Waals surface area (Å²) in [5, 5.41) is 11.4. The van der Waals surface area contributed by atoms with Crippen molar-refractivity contribution in [2.45, 2.75) is 17.7 Å². The SMILES string of the molecule is N=C1CC=CC2NCSC12. The van der Waals surface area contributed by atoms with Gasteiger partial charge in [-0.2, -0.15) is 0 Å². The summed E-state index contributed by atoms with van der Waals surface area (Å²) in [6.07, 6.45) is 5.13. The second kappa shape index (κ2) is 2.40. The van der Waals surface area contributed by atoms with Gasteiger partial charge >= 0.3 is 0 Å². The van der Waals surface area contributed by atoms with Crippen molar-refractivity contribution in [1.82, 2.24) is 5.32 Å². The molecule has 1 aliphatic carbocycles. The number of allylic oxidation sites excluding steroid dienone is 1. The average Bonchev–Trinajstić information content (AvgIpc) is 2.36. The van der Waals surface area contributed by atoms with E-state index in [1.54, 1.807) is 0 Å². The first kappa shape index (κ1) is 6.43. The van der Waals surface area contributed by atoms with Crippen LogP contribution in [0.5, 0.6) is 0 Å². The van der Waals surface area contributed by atoms with Crippen LogP contribution < -0.4 is 5.32 Å². The molecule has 10 heavy (non-hydrogen) atoms. The van der Waals surface area contributed by atoms with Gasteiger partial charge in [-0.25, -0.2) is 0 Å². The van der Waals surface area contributed by atoms with Crippen LogP contribution >= 0.6 is 11.8 Å². The maximum Gasteiger partial charge on any atom is 0.0628 e. The molecule has 1 fully saturated rings. The molecule has 0 aromatic rings. The van der Waals surface area contributed by atoms with Gasteiger partial charge in [-0.15, -0.1) is 11.8 Å². The van der Waals surface area contributed by atoms with Gasteiger partial charge in [0.2, 0.25) is 0 Å². The monoisotopic (exact) mass is 154 g/mol. The highest BCUT2D eigenvalue weighted by Gasteiger charge is 2.30. The van der Waals surface area contributed by atoms with Crippen LogP contribution in [-0.2, 0) is 0 Å². The Labute approximate surface area is 64.6 Å². The lowest BCUT2D eigenvalue weighted by molar-refractivity contribution is 0.707. The van der Waals surface area contributed by atoms with Crippen LogP contribution in [0.15, 0.2) is 12.2 Å². The van der Waals surface area contributed by atoms with Crippen LogP contribution in [0.2, 0.25) is 0 Å². The van der Waals surface area contributed by atoms with E-state index >= 15 is 0 Å². The molecule has 1 saturated heterocycles. The van der Waals surface area contributed by atoms with Crippen molar-refractivity contribution in [1.29, 1.82) is 5.41 Å². The van der Waals surface area contributed by atoms with E-state index in [0.717, 1.165) is 18.0 Å². The lowest BCUT2D eigenvalue weighted by Gasteiger charge is -2.19. The first-order valence-electron chi connectivity index (χ1n) is 3.47. The summed E-state index contributed by atoms with van der Waals surface area (Å²) in [5.74, 6) is 1.00. The summed E-state index contributed by atoms with van der Waals surface area (Å²) in [6, 6.07) is 0.450. The zero-order chi connectivity index (χ0) is 6.97. The summed E-state index contributed by atoms with van der Waals surface area (Å²) < 4.78 is 0. The zero-order valence-electron chi connectivity index (χ0n) is 5.63. The lowest BCUT2D eigenvalue weighted by atomic mass is 10.0. The van der Waals surface area contributed by atoms with Gasteiger partial charge in [0.05, 0.1) is 5.25 Å². The minimum absolute atomic E-state index is 0.435. The molecule has 2 N–H and O–H groups in total. The average molecular weight is 154 g/mol. The topological polar surface area (TPSA) is 35.9 Å². The van der Waals surface area contributed by atoms with Crippen molar-refractivity contribution in [3.63, 3.8) is 0 Å². The lowest BCUT2D eigenvalue weighted by Crippen LogP contribution is -2.34. The molecule has 2 aliphatic rings. The predicted molar refractivity (Wildman–Crippen MR) is 44.7 cm³/mol. The molecule has 2 unspecified atom stereocenters. The molecule has 1 aliphatic heterocycles. The van der Waals surface area contributed by atoms with Crippen molar-refractivity contribution >= 4 is 17.5 Å². The molecule has 54 valence electrons. The van der Waals surface area contributed by atoms with Gasteiger partial charge in [0.1, 0.15) is 0 Å². The Morgan fingerprint density at radius 2 is 2.60 bits per heavy atom. The van der Waals surface area contributed by atoms with Crippen LogP contribution in [-0.4, -0.2) is 22.9 Å². The van der Waals surface area contributed by atoms with Gasteiger partial charge in [0.25, 0.3) is 0 Å². The van der Waals surface area contributed by atoms with Gasteiger partial charge in [0, 0.05) is 24.1 Å². The maximum atomic E-state index is 7.60. The Hall–Kier alpha value is -0.280. The van der Waals surface area contributed by atoms with Crippen molar-refractivity contribution in [3.05, 3.63) is 12.2 Å². The third kappa shape index (κ3) is 0.896. The van der Waals surface area contributed by atoms with Gasteiger partial charge in [-0.05, 0) is 0 Å². The Balaban J connectivity index is 2.22. The molecule has 0 radical (unpaired) electrons. The number of nitrogens with one attached hydrogen (secondary N) is 2. The minimum Gasteiger partial charge on any atom is -0.308 e. The fourth-order valence-corrected chi connectivity index (χ4v) is 2.55. The second-order valence-corrected chi connectivity index (χ2v) is 3.75. The number of hydrogen-bond donors (Lipinski definition) is 2. The van der Waals surface area contributed by atoms with Crippen LogP contribution in [0.25, 0.3) is 0 Å². The molecule has 0 aromatic carbocycles. The van der Waals surface area contributed by atoms with Gasteiger partial charge in [-0.3, -0.25) is 0 Å². The Morgan fingerprint density at radius 1 is 1.70 bits per heavy atom.